The van der Waals surface area contributed by atoms with Crippen molar-refractivity contribution < 1.29 is 0 Å². The fourth-order valence-electron chi connectivity index (χ4n) is 1.98. The van der Waals surface area contributed by atoms with E-state index in [0.717, 1.165) is 0 Å². The van der Waals surface area contributed by atoms with Crippen molar-refractivity contribution in [3.8, 4) is 0 Å². The van der Waals surface area contributed by atoms with E-state index in [1.807, 2.05) is 0 Å². The van der Waals surface area contributed by atoms with E-state index in [9.17, 15) is 0 Å². The lowest BCUT2D eigenvalue weighted by Crippen LogP contribution is -1.86. The van der Waals surface area contributed by atoms with E-state index in [1.54, 1.807) is 0 Å². The first kappa shape index (κ1) is 13.8. The fourth-order valence-corrected chi connectivity index (χ4v) is 2.43. The number of rotatable bonds is 8. The predicted molar refractivity (Wildman–Crippen MR) is 75.8 cm³/mol. The molecule has 1 rings (SSSR count). The van der Waals surface area contributed by atoms with Crippen molar-refractivity contribution in [2.24, 2.45) is 0 Å². The first-order valence-electron chi connectivity index (χ1n) is 6.57. The van der Waals surface area contributed by atoms with E-state index >= 15 is 0 Å². The summed E-state index contributed by atoms with van der Waals surface area (Å²) in [5.74, 6) is 0. The maximum atomic E-state index is 3.51. The minimum atomic E-state index is 1.20. The van der Waals surface area contributed by atoms with Crippen molar-refractivity contribution in [3.05, 3.63) is 34.3 Å². The van der Waals surface area contributed by atoms with E-state index < -0.39 is 0 Å². The molecule has 0 amide bonds. The summed E-state index contributed by atoms with van der Waals surface area (Å²) in [6.45, 7) is 2.27. The lowest BCUT2D eigenvalue weighted by Gasteiger charge is -2.02. The normalized spacial score (nSPS) is 10.6. The number of hydrogen-bond donors (Lipinski definition) is 0. The lowest BCUT2D eigenvalue weighted by atomic mass is 10.0. The van der Waals surface area contributed by atoms with Crippen LogP contribution in [0.3, 0.4) is 0 Å². The van der Waals surface area contributed by atoms with Crippen LogP contribution in [-0.4, -0.2) is 0 Å². The van der Waals surface area contributed by atoms with Gasteiger partial charge in [-0.05, 0) is 30.5 Å². The van der Waals surface area contributed by atoms with Crippen molar-refractivity contribution in [3.63, 3.8) is 0 Å². The van der Waals surface area contributed by atoms with Gasteiger partial charge in [-0.2, -0.15) is 0 Å². The van der Waals surface area contributed by atoms with Crippen LogP contribution in [-0.2, 0) is 6.42 Å². The Balaban J connectivity index is 2.03. The van der Waals surface area contributed by atoms with E-state index in [4.69, 9.17) is 0 Å². The Labute approximate surface area is 109 Å². The zero-order valence-electron chi connectivity index (χ0n) is 10.3. The zero-order chi connectivity index (χ0) is 11.6. The molecule has 0 radical (unpaired) electrons. The van der Waals surface area contributed by atoms with Gasteiger partial charge in [-0.1, -0.05) is 73.5 Å². The van der Waals surface area contributed by atoms with Crippen LogP contribution in [0, 0.1) is 0 Å². The molecule has 0 bridgehead atoms. The van der Waals surface area contributed by atoms with Crippen molar-refractivity contribution >= 4 is 15.9 Å². The van der Waals surface area contributed by atoms with Crippen LogP contribution in [0.1, 0.15) is 57.4 Å². The molecule has 0 atom stereocenters. The third-order valence-corrected chi connectivity index (χ3v) is 3.45. The molecule has 0 unspecified atom stereocenters. The highest BCUT2D eigenvalue weighted by molar-refractivity contribution is 9.10. The van der Waals surface area contributed by atoms with E-state index in [2.05, 4.69) is 47.1 Å². The molecule has 0 aromatic heterocycles. The average Bonchev–Trinajstić information content (AvgIpc) is 2.28. The second-order valence-corrected chi connectivity index (χ2v) is 5.42. The van der Waals surface area contributed by atoms with Crippen LogP contribution >= 0.6 is 15.9 Å². The third-order valence-electron chi connectivity index (χ3n) is 2.96. The average molecular weight is 283 g/mol. The molecule has 0 aliphatic carbocycles. The maximum absolute atomic E-state index is 3.51. The molecule has 0 N–H and O–H groups in total. The Morgan fingerprint density at radius 1 is 0.938 bits per heavy atom. The van der Waals surface area contributed by atoms with Crippen molar-refractivity contribution in [2.75, 3.05) is 0 Å². The number of halogens is 1. The van der Waals surface area contributed by atoms with Gasteiger partial charge in [0.25, 0.3) is 0 Å². The van der Waals surface area contributed by atoms with Crippen LogP contribution in [0.5, 0.6) is 0 Å². The van der Waals surface area contributed by atoms with Crippen LogP contribution in [0.15, 0.2) is 28.7 Å². The molecule has 0 nitrogen and oxygen atoms in total. The summed E-state index contributed by atoms with van der Waals surface area (Å²) in [5, 5.41) is 0. The van der Waals surface area contributed by atoms with E-state index in [-0.39, 0.29) is 0 Å². The van der Waals surface area contributed by atoms with Gasteiger partial charge < -0.3 is 0 Å². The summed E-state index contributed by atoms with van der Waals surface area (Å²) in [5.41, 5.74) is 1.46. The monoisotopic (exact) mass is 282 g/mol. The summed E-state index contributed by atoms with van der Waals surface area (Å²) in [6.07, 6.45) is 11.0. The maximum Gasteiger partial charge on any atom is 0.0177 e. The Kier molecular flexibility index (Phi) is 7.58. The highest BCUT2D eigenvalue weighted by Gasteiger charge is 1.95. The quantitative estimate of drug-likeness (QED) is 0.533. The molecule has 0 saturated carbocycles. The molecule has 0 fully saturated rings. The Hall–Kier alpha value is -0.300. The van der Waals surface area contributed by atoms with Gasteiger partial charge in [0.15, 0.2) is 0 Å². The van der Waals surface area contributed by atoms with Gasteiger partial charge in [0.05, 0.1) is 0 Å². The molecular weight excluding hydrogens is 260 g/mol. The summed E-state index contributed by atoms with van der Waals surface area (Å²) < 4.78 is 1.20. The highest BCUT2D eigenvalue weighted by Crippen LogP contribution is 2.15. The fraction of sp³-hybridized carbons (Fsp3) is 0.600. The smallest absolute Gasteiger partial charge is 0.0177 e. The Morgan fingerprint density at radius 3 is 2.31 bits per heavy atom. The summed E-state index contributed by atoms with van der Waals surface area (Å²) in [7, 11) is 0. The lowest BCUT2D eigenvalue weighted by molar-refractivity contribution is 0.589. The molecule has 0 aliphatic rings. The standard InChI is InChI=1S/C15H23Br/c1-2-3-4-5-6-7-8-10-14-11-9-12-15(16)13-14/h9,11-13H,2-8,10H2,1H3. The summed E-state index contributed by atoms with van der Waals surface area (Å²) in [4.78, 5) is 0. The Bertz CT molecular complexity index is 281. The molecule has 0 heterocycles. The van der Waals surface area contributed by atoms with Crippen molar-refractivity contribution in [2.45, 2.75) is 58.3 Å². The highest BCUT2D eigenvalue weighted by atomic mass is 79.9. The molecular formula is C15H23Br. The second-order valence-electron chi connectivity index (χ2n) is 4.50. The van der Waals surface area contributed by atoms with Crippen LogP contribution in [0.4, 0.5) is 0 Å². The molecule has 16 heavy (non-hydrogen) atoms. The van der Waals surface area contributed by atoms with Gasteiger partial charge in [-0.25, -0.2) is 0 Å². The van der Waals surface area contributed by atoms with Gasteiger partial charge in [-0.3, -0.25) is 0 Å². The van der Waals surface area contributed by atoms with Gasteiger partial charge >= 0.3 is 0 Å². The number of benzene rings is 1. The SMILES string of the molecule is CCCCCCCCCc1cccc(Br)c1. The minimum Gasteiger partial charge on any atom is -0.0654 e. The van der Waals surface area contributed by atoms with Gasteiger partial charge in [0, 0.05) is 4.47 Å². The third kappa shape index (κ3) is 6.32. The van der Waals surface area contributed by atoms with E-state index in [1.165, 1.54) is 61.4 Å². The van der Waals surface area contributed by atoms with Crippen LogP contribution < -0.4 is 0 Å². The molecule has 1 aromatic carbocycles. The number of aryl methyl sites for hydroxylation is 1. The largest absolute Gasteiger partial charge is 0.0654 e. The van der Waals surface area contributed by atoms with Gasteiger partial charge in [0.1, 0.15) is 0 Å². The molecule has 0 spiro atoms. The molecule has 1 aromatic rings. The van der Waals surface area contributed by atoms with Crippen LogP contribution in [0.2, 0.25) is 0 Å². The minimum absolute atomic E-state index is 1.20. The molecule has 0 aliphatic heterocycles. The van der Waals surface area contributed by atoms with Crippen LogP contribution in [0.25, 0.3) is 0 Å². The first-order valence-corrected chi connectivity index (χ1v) is 7.36. The van der Waals surface area contributed by atoms with Crippen molar-refractivity contribution in [1.29, 1.82) is 0 Å². The predicted octanol–water partition coefficient (Wildman–Crippen LogP) is 5.74. The Morgan fingerprint density at radius 2 is 1.62 bits per heavy atom. The second kappa shape index (κ2) is 8.81. The number of unbranched alkanes of at least 4 members (excludes halogenated alkanes) is 6. The number of hydrogen-bond acceptors (Lipinski definition) is 0. The van der Waals surface area contributed by atoms with Gasteiger partial charge in [0.2, 0.25) is 0 Å². The zero-order valence-corrected chi connectivity index (χ0v) is 11.9. The summed E-state index contributed by atoms with van der Waals surface area (Å²) >= 11 is 3.51. The first-order chi connectivity index (χ1) is 7.83. The van der Waals surface area contributed by atoms with E-state index in [0.29, 0.717) is 0 Å². The molecule has 90 valence electrons. The molecule has 0 saturated heterocycles. The van der Waals surface area contributed by atoms with Gasteiger partial charge in [-0.15, -0.1) is 0 Å². The summed E-state index contributed by atoms with van der Waals surface area (Å²) in [6, 6.07) is 8.67. The van der Waals surface area contributed by atoms with Crippen molar-refractivity contribution in [1.82, 2.24) is 0 Å². The molecule has 1 heteroatoms. The topological polar surface area (TPSA) is 0 Å².